The Labute approximate surface area is 87.9 Å². The SMILES string of the molecule is NS(=O)(=O)c1cc(F)c(Br)cc1Cl. The lowest BCUT2D eigenvalue weighted by Crippen LogP contribution is -2.13. The molecule has 1 aromatic rings. The topological polar surface area (TPSA) is 60.2 Å². The first kappa shape index (κ1) is 10.9. The average Bonchev–Trinajstić information content (AvgIpc) is 1.94. The number of rotatable bonds is 1. The molecule has 0 saturated heterocycles. The lowest BCUT2D eigenvalue weighted by molar-refractivity contribution is 0.591. The monoisotopic (exact) mass is 287 g/mol. The van der Waals surface area contributed by atoms with Gasteiger partial charge in [0.05, 0.1) is 9.50 Å². The van der Waals surface area contributed by atoms with Gasteiger partial charge in [0.2, 0.25) is 10.0 Å². The summed E-state index contributed by atoms with van der Waals surface area (Å²) in [6.45, 7) is 0. The molecule has 0 aliphatic heterocycles. The second kappa shape index (κ2) is 3.53. The molecule has 3 nitrogen and oxygen atoms in total. The number of hydrogen-bond acceptors (Lipinski definition) is 2. The molecule has 0 amide bonds. The summed E-state index contributed by atoms with van der Waals surface area (Å²) in [5.41, 5.74) is 0. The Kier molecular flexibility index (Phi) is 2.96. The highest BCUT2D eigenvalue weighted by Gasteiger charge is 2.15. The van der Waals surface area contributed by atoms with Crippen LogP contribution in [0.3, 0.4) is 0 Å². The minimum atomic E-state index is -3.97. The zero-order valence-electron chi connectivity index (χ0n) is 6.09. The third-order valence-corrected chi connectivity index (χ3v) is 3.26. The summed E-state index contributed by atoms with van der Waals surface area (Å²) in [7, 11) is -3.97. The maximum Gasteiger partial charge on any atom is 0.239 e. The van der Waals surface area contributed by atoms with Gasteiger partial charge >= 0.3 is 0 Å². The minimum Gasteiger partial charge on any atom is -0.225 e. The predicted octanol–water partition coefficient (Wildman–Crippen LogP) is 1.89. The van der Waals surface area contributed by atoms with E-state index in [1.165, 1.54) is 0 Å². The van der Waals surface area contributed by atoms with Crippen LogP contribution >= 0.6 is 27.5 Å². The fraction of sp³-hybridized carbons (Fsp3) is 0. The number of benzene rings is 1. The van der Waals surface area contributed by atoms with Crippen molar-refractivity contribution in [1.82, 2.24) is 0 Å². The second-order valence-corrected chi connectivity index (χ2v) is 5.03. The van der Waals surface area contributed by atoms with Crippen molar-refractivity contribution < 1.29 is 12.8 Å². The molecule has 0 aliphatic carbocycles. The first-order chi connectivity index (χ1) is 5.82. The molecule has 0 spiro atoms. The van der Waals surface area contributed by atoms with E-state index in [0.29, 0.717) is 0 Å². The van der Waals surface area contributed by atoms with Crippen LogP contribution in [0.15, 0.2) is 21.5 Å². The van der Waals surface area contributed by atoms with Crippen molar-refractivity contribution in [3.8, 4) is 0 Å². The summed E-state index contributed by atoms with van der Waals surface area (Å²) >= 11 is 8.38. The van der Waals surface area contributed by atoms with Crippen LogP contribution in [0.4, 0.5) is 4.39 Å². The van der Waals surface area contributed by atoms with E-state index < -0.39 is 20.7 Å². The predicted molar refractivity (Wildman–Crippen MR) is 50.5 cm³/mol. The zero-order valence-corrected chi connectivity index (χ0v) is 9.25. The van der Waals surface area contributed by atoms with Gasteiger partial charge in [0.1, 0.15) is 10.7 Å². The van der Waals surface area contributed by atoms with Gasteiger partial charge in [-0.25, -0.2) is 17.9 Å². The van der Waals surface area contributed by atoms with Gasteiger partial charge in [-0.2, -0.15) is 0 Å². The van der Waals surface area contributed by atoms with Gasteiger partial charge in [-0.05, 0) is 28.1 Å². The molecule has 2 N–H and O–H groups in total. The van der Waals surface area contributed by atoms with Gasteiger partial charge in [-0.3, -0.25) is 0 Å². The zero-order chi connectivity index (χ0) is 10.2. The molecule has 0 fully saturated rings. The number of hydrogen-bond donors (Lipinski definition) is 1. The quantitative estimate of drug-likeness (QED) is 0.802. The second-order valence-electron chi connectivity index (χ2n) is 2.24. The van der Waals surface area contributed by atoms with Crippen molar-refractivity contribution in [2.75, 3.05) is 0 Å². The van der Waals surface area contributed by atoms with Crippen LogP contribution in [-0.2, 0) is 10.0 Å². The lowest BCUT2D eigenvalue weighted by Gasteiger charge is -2.02. The van der Waals surface area contributed by atoms with Crippen LogP contribution in [0.1, 0.15) is 0 Å². The minimum absolute atomic E-state index is 0.0879. The maximum absolute atomic E-state index is 12.9. The smallest absolute Gasteiger partial charge is 0.225 e. The fourth-order valence-corrected chi connectivity index (χ4v) is 2.28. The van der Waals surface area contributed by atoms with Crippen molar-refractivity contribution in [3.05, 3.63) is 27.4 Å². The Morgan fingerprint density at radius 3 is 2.46 bits per heavy atom. The van der Waals surface area contributed by atoms with E-state index in [2.05, 4.69) is 15.9 Å². The summed E-state index contributed by atoms with van der Waals surface area (Å²) in [6.07, 6.45) is 0. The van der Waals surface area contributed by atoms with Crippen LogP contribution in [0.25, 0.3) is 0 Å². The molecule has 0 aliphatic rings. The fourth-order valence-electron chi connectivity index (χ4n) is 0.722. The first-order valence-corrected chi connectivity index (χ1v) is 5.71. The molecule has 0 radical (unpaired) electrons. The Balaban J connectivity index is 3.50. The Morgan fingerprint density at radius 1 is 1.46 bits per heavy atom. The lowest BCUT2D eigenvalue weighted by atomic mass is 10.3. The van der Waals surface area contributed by atoms with Gasteiger partial charge in [0.25, 0.3) is 0 Å². The van der Waals surface area contributed by atoms with Crippen molar-refractivity contribution in [3.63, 3.8) is 0 Å². The van der Waals surface area contributed by atoms with Crippen molar-refractivity contribution in [1.29, 1.82) is 0 Å². The molecule has 13 heavy (non-hydrogen) atoms. The molecule has 1 rings (SSSR count). The highest BCUT2D eigenvalue weighted by atomic mass is 79.9. The summed E-state index contributed by atoms with van der Waals surface area (Å²) in [5, 5.41) is 4.67. The normalized spacial score (nSPS) is 11.7. The molecule has 7 heteroatoms. The molecule has 0 atom stereocenters. The van der Waals surface area contributed by atoms with Gasteiger partial charge in [-0.15, -0.1) is 0 Å². The van der Waals surface area contributed by atoms with Gasteiger partial charge in [-0.1, -0.05) is 11.6 Å². The van der Waals surface area contributed by atoms with Crippen molar-refractivity contribution in [2.45, 2.75) is 4.90 Å². The van der Waals surface area contributed by atoms with Crippen LogP contribution in [0, 0.1) is 5.82 Å². The Hall–Kier alpha value is -0.170. The third kappa shape index (κ3) is 2.40. The van der Waals surface area contributed by atoms with Gasteiger partial charge in [0.15, 0.2) is 0 Å². The van der Waals surface area contributed by atoms with E-state index in [9.17, 15) is 12.8 Å². The largest absolute Gasteiger partial charge is 0.239 e. The molecule has 0 saturated carbocycles. The number of primary sulfonamides is 1. The van der Waals surface area contributed by atoms with E-state index >= 15 is 0 Å². The van der Waals surface area contributed by atoms with E-state index in [4.69, 9.17) is 16.7 Å². The molecule has 72 valence electrons. The summed E-state index contributed by atoms with van der Waals surface area (Å²) in [5.74, 6) is -0.728. The summed E-state index contributed by atoms with van der Waals surface area (Å²) in [6, 6.07) is 1.90. The maximum atomic E-state index is 12.9. The third-order valence-electron chi connectivity index (χ3n) is 1.28. The van der Waals surface area contributed by atoms with E-state index in [1.54, 1.807) is 0 Å². The van der Waals surface area contributed by atoms with Crippen LogP contribution in [-0.4, -0.2) is 8.42 Å². The van der Waals surface area contributed by atoms with E-state index in [-0.39, 0.29) is 9.50 Å². The molecule has 0 aromatic heterocycles. The molecule has 1 aromatic carbocycles. The number of nitrogens with two attached hydrogens (primary N) is 1. The molecule has 0 bridgehead atoms. The van der Waals surface area contributed by atoms with E-state index in [1.807, 2.05) is 0 Å². The Bertz CT molecular complexity index is 448. The van der Waals surface area contributed by atoms with Crippen molar-refractivity contribution >= 4 is 37.6 Å². The summed E-state index contributed by atoms with van der Waals surface area (Å²) in [4.78, 5) is -0.421. The van der Waals surface area contributed by atoms with Gasteiger partial charge in [0, 0.05) is 0 Å². The standard InChI is InChI=1S/C6H4BrClFNO2S/c7-3-1-4(8)6(2-5(3)9)13(10,11)12/h1-2H,(H2,10,11,12). The molecular weight excluding hydrogens is 284 g/mol. The first-order valence-electron chi connectivity index (χ1n) is 2.99. The number of halogens is 3. The van der Waals surface area contributed by atoms with E-state index in [0.717, 1.165) is 12.1 Å². The molecule has 0 unspecified atom stereocenters. The highest BCUT2D eigenvalue weighted by Crippen LogP contribution is 2.26. The molecule has 0 heterocycles. The molecular formula is C6H4BrClFNO2S. The van der Waals surface area contributed by atoms with Gasteiger partial charge < -0.3 is 0 Å². The van der Waals surface area contributed by atoms with Crippen LogP contribution in [0.2, 0.25) is 5.02 Å². The highest BCUT2D eigenvalue weighted by molar-refractivity contribution is 9.10. The van der Waals surface area contributed by atoms with Crippen LogP contribution < -0.4 is 5.14 Å². The number of sulfonamides is 1. The summed E-state index contributed by atoms with van der Waals surface area (Å²) < 4.78 is 34.6. The Morgan fingerprint density at radius 2 is 2.00 bits per heavy atom. The van der Waals surface area contributed by atoms with Crippen molar-refractivity contribution in [2.24, 2.45) is 5.14 Å². The average molecular weight is 289 g/mol. The van der Waals surface area contributed by atoms with Crippen LogP contribution in [0.5, 0.6) is 0 Å².